The zero-order valence-corrected chi connectivity index (χ0v) is 3.95. The third-order valence-corrected chi connectivity index (χ3v) is 0. The molecule has 0 radical (unpaired) electrons. The highest BCUT2D eigenvalue weighted by atomic mass is 14.2. The van der Waals surface area contributed by atoms with Crippen LogP contribution in [-0.4, -0.2) is 0 Å². The summed E-state index contributed by atoms with van der Waals surface area (Å²) in [4.78, 5) is 0. The molecule has 0 aromatic rings. The Hall–Kier alpha value is -0.510. The van der Waals surface area contributed by atoms with Crippen LogP contribution in [0, 0.1) is 11.3 Å². The summed E-state index contributed by atoms with van der Waals surface area (Å²) in [5.74, 6) is 0. The number of hydrogen-bond acceptors (Lipinski definition) is 1. The fraction of sp³-hybridized carbons (Fsp3) is 0.750. The van der Waals surface area contributed by atoms with Crippen molar-refractivity contribution in [2.45, 2.75) is 20.8 Å². The second-order valence-corrected chi connectivity index (χ2v) is 0.224. The quantitative estimate of drug-likeness (QED) is 0.425. The molecule has 0 aliphatic rings. The summed E-state index contributed by atoms with van der Waals surface area (Å²) in [6.45, 7) is 5.43. The molecule has 0 heterocycles. The van der Waals surface area contributed by atoms with Crippen LogP contribution in [0.25, 0.3) is 0 Å². The van der Waals surface area contributed by atoms with Gasteiger partial charge < -0.3 is 0 Å². The van der Waals surface area contributed by atoms with E-state index in [0.717, 1.165) is 0 Å². The first-order chi connectivity index (χ1) is 2.41. The molecular weight excluding hydrogens is 62.1 g/mol. The topological polar surface area (TPSA) is 23.8 Å². The number of nitriles is 1. The van der Waals surface area contributed by atoms with Crippen molar-refractivity contribution in [3.63, 3.8) is 0 Å². The van der Waals surface area contributed by atoms with Crippen LogP contribution < -0.4 is 0 Å². The van der Waals surface area contributed by atoms with Crippen molar-refractivity contribution in [2.24, 2.45) is 0 Å². The molecule has 0 unspecified atom stereocenters. The van der Waals surface area contributed by atoms with Gasteiger partial charge in [0.2, 0.25) is 0 Å². The Morgan fingerprint density at radius 1 is 1.40 bits per heavy atom. The van der Waals surface area contributed by atoms with Gasteiger partial charge in [0.1, 0.15) is 0 Å². The molecule has 0 atom stereocenters. The van der Waals surface area contributed by atoms with Gasteiger partial charge in [-0.3, -0.25) is 0 Å². The van der Waals surface area contributed by atoms with E-state index in [1.807, 2.05) is 13.8 Å². The molecule has 0 aromatic carbocycles. The van der Waals surface area contributed by atoms with Crippen LogP contribution >= 0.6 is 0 Å². The number of hydrogen-bond donors (Lipinski definition) is 0. The van der Waals surface area contributed by atoms with Gasteiger partial charge in [-0.15, -0.1) is 0 Å². The minimum Gasteiger partial charge on any atom is -0.199 e. The van der Waals surface area contributed by atoms with Crippen LogP contribution in [0.3, 0.4) is 0 Å². The highest BCUT2D eigenvalue weighted by Gasteiger charge is 1.17. The Balaban J connectivity index is 0. The largest absolute Gasteiger partial charge is 0.199 e. The minimum atomic E-state index is 1.43. The van der Waals surface area contributed by atoms with E-state index in [4.69, 9.17) is 5.26 Å². The summed E-state index contributed by atoms with van der Waals surface area (Å²) in [6.07, 6.45) is 0. The Kier molecular flexibility index (Phi) is 159. The predicted octanol–water partition coefficient (Wildman–Crippen LogP) is 1.56. The van der Waals surface area contributed by atoms with Crippen molar-refractivity contribution in [3.05, 3.63) is 0 Å². The van der Waals surface area contributed by atoms with E-state index >= 15 is 0 Å². The van der Waals surface area contributed by atoms with Crippen LogP contribution in [-0.2, 0) is 0 Å². The lowest BCUT2D eigenvalue weighted by molar-refractivity contribution is 1.49. The minimum absolute atomic E-state index is 1.43. The molecular formula is C4H9N. The van der Waals surface area contributed by atoms with Crippen LogP contribution in [0.15, 0.2) is 0 Å². The third kappa shape index (κ3) is 29.8. The SMILES string of the molecule is CC.CC#N. The van der Waals surface area contributed by atoms with Gasteiger partial charge in [0.15, 0.2) is 0 Å². The third-order valence-electron chi connectivity index (χ3n) is 0. The van der Waals surface area contributed by atoms with Gasteiger partial charge in [0.05, 0.1) is 6.07 Å². The predicted molar refractivity (Wildman–Crippen MR) is 22.6 cm³/mol. The summed E-state index contributed by atoms with van der Waals surface area (Å²) in [5.41, 5.74) is 0. The first kappa shape index (κ1) is 8.82. The molecule has 0 bridgehead atoms. The van der Waals surface area contributed by atoms with Crippen molar-refractivity contribution >= 4 is 0 Å². The highest BCUT2D eigenvalue weighted by Crippen LogP contribution is 1.21. The van der Waals surface area contributed by atoms with Gasteiger partial charge in [-0.1, -0.05) is 13.8 Å². The van der Waals surface area contributed by atoms with Crippen molar-refractivity contribution in [2.75, 3.05) is 0 Å². The first-order valence-corrected chi connectivity index (χ1v) is 1.72. The van der Waals surface area contributed by atoms with Gasteiger partial charge in [-0.2, -0.15) is 5.26 Å². The average molecular weight is 71.1 g/mol. The molecule has 0 aliphatic carbocycles. The number of rotatable bonds is 0. The maximum atomic E-state index is 7.32. The van der Waals surface area contributed by atoms with Crippen LogP contribution in [0.1, 0.15) is 20.8 Å². The molecule has 5 heavy (non-hydrogen) atoms. The zero-order chi connectivity index (χ0) is 4.71. The summed E-state index contributed by atoms with van der Waals surface area (Å²) < 4.78 is 0. The molecule has 0 fully saturated rings. The molecule has 30 valence electrons. The van der Waals surface area contributed by atoms with Crippen molar-refractivity contribution in [1.29, 1.82) is 5.26 Å². The molecule has 0 spiro atoms. The standard InChI is InChI=1S/C2H3N.C2H6/c1-2-3;1-2/h1H3;1-2H3. The van der Waals surface area contributed by atoms with E-state index in [2.05, 4.69) is 0 Å². The van der Waals surface area contributed by atoms with Gasteiger partial charge in [-0.25, -0.2) is 0 Å². The maximum Gasteiger partial charge on any atom is 0.0587 e. The molecule has 0 amide bonds. The van der Waals surface area contributed by atoms with E-state index in [1.165, 1.54) is 6.92 Å². The molecule has 0 saturated heterocycles. The summed E-state index contributed by atoms with van der Waals surface area (Å²) in [6, 6.07) is 1.75. The van der Waals surface area contributed by atoms with E-state index < -0.39 is 0 Å². The van der Waals surface area contributed by atoms with Crippen LogP contribution in [0.5, 0.6) is 0 Å². The van der Waals surface area contributed by atoms with Crippen molar-refractivity contribution < 1.29 is 0 Å². The fourth-order valence-electron chi connectivity index (χ4n) is 0. The average Bonchev–Trinajstić information content (AvgIpc) is 1.46. The van der Waals surface area contributed by atoms with Crippen molar-refractivity contribution in [1.82, 2.24) is 0 Å². The molecule has 0 rings (SSSR count). The van der Waals surface area contributed by atoms with E-state index in [0.29, 0.717) is 0 Å². The van der Waals surface area contributed by atoms with E-state index in [-0.39, 0.29) is 0 Å². The van der Waals surface area contributed by atoms with Crippen LogP contribution in [0.4, 0.5) is 0 Å². The maximum absolute atomic E-state index is 7.32. The number of nitrogens with zero attached hydrogens (tertiary/aromatic N) is 1. The Labute approximate surface area is 33.2 Å². The normalized spacial score (nSPS) is 2.80. The second kappa shape index (κ2) is 90.1. The van der Waals surface area contributed by atoms with Gasteiger partial charge >= 0.3 is 0 Å². The Morgan fingerprint density at radius 2 is 1.40 bits per heavy atom. The lowest BCUT2D eigenvalue weighted by atomic mass is 11.0. The molecule has 0 aromatic heterocycles. The zero-order valence-electron chi connectivity index (χ0n) is 3.95. The van der Waals surface area contributed by atoms with Gasteiger partial charge in [-0.05, 0) is 0 Å². The summed E-state index contributed by atoms with van der Waals surface area (Å²) in [5, 5.41) is 7.32. The molecule has 0 aliphatic heterocycles. The molecule has 0 N–H and O–H groups in total. The van der Waals surface area contributed by atoms with Gasteiger partial charge in [0, 0.05) is 6.92 Å². The second-order valence-electron chi connectivity index (χ2n) is 0.224. The van der Waals surface area contributed by atoms with Crippen molar-refractivity contribution in [3.8, 4) is 6.07 Å². The fourth-order valence-corrected chi connectivity index (χ4v) is 0. The smallest absolute Gasteiger partial charge is 0.0587 e. The summed E-state index contributed by atoms with van der Waals surface area (Å²) in [7, 11) is 0. The lowest BCUT2D eigenvalue weighted by Gasteiger charge is -1.15. The van der Waals surface area contributed by atoms with Gasteiger partial charge in [0.25, 0.3) is 0 Å². The molecule has 0 saturated carbocycles. The van der Waals surface area contributed by atoms with Crippen LogP contribution in [0.2, 0.25) is 0 Å². The Bertz CT molecular complexity index is 25.1. The summed E-state index contributed by atoms with van der Waals surface area (Å²) >= 11 is 0. The molecule has 1 heteroatoms. The Morgan fingerprint density at radius 3 is 1.40 bits per heavy atom. The lowest BCUT2D eigenvalue weighted by Crippen LogP contribution is -1.10. The first-order valence-electron chi connectivity index (χ1n) is 1.72. The highest BCUT2D eigenvalue weighted by molar-refractivity contribution is 4.51. The van der Waals surface area contributed by atoms with E-state index in [9.17, 15) is 0 Å². The monoisotopic (exact) mass is 71.1 g/mol. The molecule has 1 nitrogen and oxygen atoms in total. The van der Waals surface area contributed by atoms with E-state index in [1.54, 1.807) is 6.07 Å².